The van der Waals surface area contributed by atoms with Crippen molar-refractivity contribution in [3.63, 3.8) is 0 Å². The minimum Gasteiger partial charge on any atom is -0.298 e. The van der Waals surface area contributed by atoms with Gasteiger partial charge in [-0.3, -0.25) is 9.59 Å². The van der Waals surface area contributed by atoms with E-state index in [1.54, 1.807) is 30.3 Å². The molecule has 0 atom stereocenters. The Morgan fingerprint density at radius 2 is 1.59 bits per heavy atom. The molecule has 0 saturated heterocycles. The molecule has 0 unspecified atom stereocenters. The summed E-state index contributed by atoms with van der Waals surface area (Å²) in [4.78, 5) is 22.7. The second-order valence-electron chi connectivity index (χ2n) is 5.04. The average Bonchev–Trinajstić information content (AvgIpc) is 2.56. The second-order valence-corrected chi connectivity index (χ2v) is 5.04. The Bertz CT molecular complexity index is 863. The number of benzene rings is 2. The Labute approximate surface area is 127 Å². The Hall–Kier alpha value is -3.01. The zero-order chi connectivity index (χ0) is 15.5. The number of carbonyl (C=O) groups excluding carboxylic acids is 1. The van der Waals surface area contributed by atoms with E-state index in [2.05, 4.69) is 5.10 Å². The van der Waals surface area contributed by atoms with Crippen molar-refractivity contribution >= 4 is 6.29 Å². The monoisotopic (exact) mass is 290 g/mol. The molecule has 0 fully saturated rings. The summed E-state index contributed by atoms with van der Waals surface area (Å²) in [5.74, 6) is 0. The SMILES string of the molecule is Cc1ccc(-c2ccc(=O)n(-c3ccc(C=O)cc3)n2)cc1. The number of aromatic nitrogens is 2. The van der Waals surface area contributed by atoms with E-state index in [-0.39, 0.29) is 5.56 Å². The number of hydrogen-bond acceptors (Lipinski definition) is 3. The minimum atomic E-state index is -0.213. The summed E-state index contributed by atoms with van der Waals surface area (Å²) < 4.78 is 1.34. The lowest BCUT2D eigenvalue weighted by molar-refractivity contribution is 0.112. The van der Waals surface area contributed by atoms with Crippen molar-refractivity contribution in [1.29, 1.82) is 0 Å². The minimum absolute atomic E-state index is 0.213. The summed E-state index contributed by atoms with van der Waals surface area (Å²) in [6.45, 7) is 2.02. The number of carbonyl (C=O) groups is 1. The predicted octanol–water partition coefficient (Wildman–Crippen LogP) is 3.02. The van der Waals surface area contributed by atoms with Gasteiger partial charge in [0, 0.05) is 17.2 Å². The smallest absolute Gasteiger partial charge is 0.271 e. The lowest BCUT2D eigenvalue weighted by atomic mass is 10.1. The predicted molar refractivity (Wildman–Crippen MR) is 85.4 cm³/mol. The van der Waals surface area contributed by atoms with Gasteiger partial charge in [-0.25, -0.2) is 0 Å². The number of aldehydes is 1. The summed E-state index contributed by atoms with van der Waals surface area (Å²) >= 11 is 0. The van der Waals surface area contributed by atoms with Crippen LogP contribution in [0, 0.1) is 6.92 Å². The van der Waals surface area contributed by atoms with E-state index in [9.17, 15) is 9.59 Å². The fourth-order valence-electron chi connectivity index (χ4n) is 2.17. The lowest BCUT2D eigenvalue weighted by Crippen LogP contribution is -2.20. The van der Waals surface area contributed by atoms with Gasteiger partial charge < -0.3 is 0 Å². The summed E-state index contributed by atoms with van der Waals surface area (Å²) in [6.07, 6.45) is 0.767. The molecule has 0 aliphatic heterocycles. The molecule has 0 bridgehead atoms. The van der Waals surface area contributed by atoms with Gasteiger partial charge in [0.2, 0.25) is 0 Å². The van der Waals surface area contributed by atoms with Crippen molar-refractivity contribution in [1.82, 2.24) is 9.78 Å². The molecule has 0 saturated carbocycles. The van der Waals surface area contributed by atoms with E-state index in [0.717, 1.165) is 17.5 Å². The van der Waals surface area contributed by atoms with Gasteiger partial charge in [0.1, 0.15) is 6.29 Å². The van der Waals surface area contributed by atoms with Crippen LogP contribution in [0.25, 0.3) is 16.9 Å². The fraction of sp³-hybridized carbons (Fsp3) is 0.0556. The van der Waals surface area contributed by atoms with Gasteiger partial charge in [-0.2, -0.15) is 9.78 Å². The van der Waals surface area contributed by atoms with E-state index in [1.807, 2.05) is 31.2 Å². The van der Waals surface area contributed by atoms with Crippen LogP contribution in [-0.2, 0) is 0 Å². The van der Waals surface area contributed by atoms with E-state index in [0.29, 0.717) is 11.3 Å². The lowest BCUT2D eigenvalue weighted by Gasteiger charge is -2.07. The van der Waals surface area contributed by atoms with Crippen LogP contribution >= 0.6 is 0 Å². The zero-order valence-electron chi connectivity index (χ0n) is 12.1. The Morgan fingerprint density at radius 1 is 0.909 bits per heavy atom. The number of rotatable bonds is 3. The standard InChI is InChI=1S/C18H14N2O2/c1-13-2-6-15(7-3-13)17-10-11-18(22)20(19-17)16-8-4-14(12-21)5-9-16/h2-12H,1H3. The van der Waals surface area contributed by atoms with E-state index in [1.165, 1.54) is 16.3 Å². The van der Waals surface area contributed by atoms with Crippen molar-refractivity contribution in [2.45, 2.75) is 6.92 Å². The van der Waals surface area contributed by atoms with Crippen LogP contribution in [0.4, 0.5) is 0 Å². The normalized spacial score (nSPS) is 10.4. The maximum absolute atomic E-state index is 12.0. The van der Waals surface area contributed by atoms with Crippen LogP contribution in [0.3, 0.4) is 0 Å². The Kier molecular flexibility index (Phi) is 3.66. The number of aryl methyl sites for hydroxylation is 1. The largest absolute Gasteiger partial charge is 0.298 e. The Morgan fingerprint density at radius 3 is 2.23 bits per heavy atom. The van der Waals surface area contributed by atoms with Crippen molar-refractivity contribution in [3.05, 3.63) is 82.1 Å². The molecule has 4 nitrogen and oxygen atoms in total. The first kappa shape index (κ1) is 13.9. The third-order valence-corrected chi connectivity index (χ3v) is 3.42. The van der Waals surface area contributed by atoms with Crippen molar-refractivity contribution in [2.24, 2.45) is 0 Å². The number of hydrogen-bond donors (Lipinski definition) is 0. The molecule has 2 aromatic carbocycles. The van der Waals surface area contributed by atoms with E-state index < -0.39 is 0 Å². The molecule has 22 heavy (non-hydrogen) atoms. The van der Waals surface area contributed by atoms with Gasteiger partial charge in [-0.05, 0) is 37.3 Å². The van der Waals surface area contributed by atoms with Gasteiger partial charge >= 0.3 is 0 Å². The van der Waals surface area contributed by atoms with Gasteiger partial charge in [-0.15, -0.1) is 0 Å². The molecule has 1 aromatic heterocycles. The highest BCUT2D eigenvalue weighted by Crippen LogP contribution is 2.16. The number of nitrogens with zero attached hydrogens (tertiary/aromatic N) is 2. The van der Waals surface area contributed by atoms with Crippen LogP contribution < -0.4 is 5.56 Å². The first-order valence-corrected chi connectivity index (χ1v) is 6.90. The molecule has 0 aliphatic rings. The summed E-state index contributed by atoms with van der Waals surface area (Å²) in [5, 5.41) is 4.41. The topological polar surface area (TPSA) is 52.0 Å². The highest BCUT2D eigenvalue weighted by Gasteiger charge is 2.05. The first-order chi connectivity index (χ1) is 10.7. The molecule has 4 heteroatoms. The molecular formula is C18H14N2O2. The second kappa shape index (κ2) is 5.77. The molecular weight excluding hydrogens is 276 g/mol. The van der Waals surface area contributed by atoms with Crippen LogP contribution in [0.15, 0.2) is 65.5 Å². The van der Waals surface area contributed by atoms with Gasteiger partial charge in [0.15, 0.2) is 0 Å². The van der Waals surface area contributed by atoms with Gasteiger partial charge in [0.05, 0.1) is 11.4 Å². The van der Waals surface area contributed by atoms with E-state index in [4.69, 9.17) is 0 Å². The summed E-state index contributed by atoms with van der Waals surface area (Å²) in [6, 6.07) is 17.9. The molecule has 3 rings (SSSR count). The highest BCUT2D eigenvalue weighted by molar-refractivity contribution is 5.75. The molecule has 0 aliphatic carbocycles. The summed E-state index contributed by atoms with van der Waals surface area (Å²) in [7, 11) is 0. The quantitative estimate of drug-likeness (QED) is 0.697. The van der Waals surface area contributed by atoms with Crippen molar-refractivity contribution in [3.8, 4) is 16.9 Å². The third-order valence-electron chi connectivity index (χ3n) is 3.42. The van der Waals surface area contributed by atoms with Gasteiger partial charge in [0.25, 0.3) is 5.56 Å². The molecule has 0 amide bonds. The molecule has 0 radical (unpaired) electrons. The van der Waals surface area contributed by atoms with Crippen LogP contribution in [0.2, 0.25) is 0 Å². The molecule has 1 heterocycles. The van der Waals surface area contributed by atoms with Crippen LogP contribution in [0.5, 0.6) is 0 Å². The summed E-state index contributed by atoms with van der Waals surface area (Å²) in [5.41, 5.74) is 3.82. The maximum Gasteiger partial charge on any atom is 0.271 e. The Balaban J connectivity index is 2.07. The highest BCUT2D eigenvalue weighted by atomic mass is 16.1. The molecule has 0 spiro atoms. The molecule has 0 N–H and O–H groups in total. The molecule has 3 aromatic rings. The zero-order valence-corrected chi connectivity index (χ0v) is 12.1. The van der Waals surface area contributed by atoms with Crippen LogP contribution in [-0.4, -0.2) is 16.1 Å². The van der Waals surface area contributed by atoms with Gasteiger partial charge in [-0.1, -0.05) is 29.8 Å². The first-order valence-electron chi connectivity index (χ1n) is 6.90. The van der Waals surface area contributed by atoms with Crippen molar-refractivity contribution in [2.75, 3.05) is 0 Å². The van der Waals surface area contributed by atoms with Crippen LogP contribution in [0.1, 0.15) is 15.9 Å². The third kappa shape index (κ3) is 2.72. The van der Waals surface area contributed by atoms with E-state index >= 15 is 0 Å². The maximum atomic E-state index is 12.0. The fourth-order valence-corrected chi connectivity index (χ4v) is 2.17. The molecule has 108 valence electrons. The van der Waals surface area contributed by atoms with Crippen molar-refractivity contribution < 1.29 is 4.79 Å². The average molecular weight is 290 g/mol.